The molecule has 2 unspecified atom stereocenters. The van der Waals surface area contributed by atoms with Crippen molar-refractivity contribution in [3.63, 3.8) is 0 Å². The van der Waals surface area contributed by atoms with Crippen LogP contribution in [0, 0.1) is 18.6 Å². The number of aromatic amines is 1. The van der Waals surface area contributed by atoms with Crippen molar-refractivity contribution < 1.29 is 18.4 Å². The van der Waals surface area contributed by atoms with Gasteiger partial charge in [-0.15, -0.1) is 9.24 Å². The van der Waals surface area contributed by atoms with Gasteiger partial charge in [0.15, 0.2) is 0 Å². The monoisotopic (exact) mass is 556 g/mol. The number of nitrogens with zero attached hydrogens (tertiary/aromatic N) is 1. The molecule has 0 aliphatic rings. The van der Waals surface area contributed by atoms with Crippen molar-refractivity contribution in [2.45, 2.75) is 25.8 Å². The number of carbonyl (C=O) groups excluding carboxylic acids is 2. The predicted octanol–water partition coefficient (Wildman–Crippen LogP) is 5.06. The Kier molecular flexibility index (Phi) is 7.71. The van der Waals surface area contributed by atoms with Gasteiger partial charge in [-0.2, -0.15) is 0 Å². The van der Waals surface area contributed by atoms with E-state index in [2.05, 4.69) is 24.5 Å². The zero-order chi connectivity index (χ0) is 28.4. The van der Waals surface area contributed by atoms with Crippen LogP contribution < -0.4 is 16.4 Å². The number of carbonyl (C=O) groups is 2. The second-order valence-electron chi connectivity index (χ2n) is 9.69. The molecule has 2 aromatic heterocycles. The average Bonchev–Trinajstić information content (AvgIpc) is 3.21. The molecule has 40 heavy (non-hydrogen) atoms. The molecule has 0 saturated carbocycles. The minimum atomic E-state index is -0.644. The van der Waals surface area contributed by atoms with Crippen LogP contribution in [-0.2, 0) is 17.6 Å². The van der Waals surface area contributed by atoms with E-state index in [0.29, 0.717) is 44.2 Å². The number of nitrogens with one attached hydrogen (secondary N) is 2. The number of amides is 2. The number of fused-ring (bicyclic) bond motifs is 1. The molecule has 9 heteroatoms. The lowest BCUT2D eigenvalue weighted by Gasteiger charge is -2.22. The fraction of sp³-hybridized carbons (Fsp3) is 0.129. The summed E-state index contributed by atoms with van der Waals surface area (Å²) in [6.45, 7) is 1.84. The lowest BCUT2D eigenvalue weighted by Crippen LogP contribution is -2.32. The van der Waals surface area contributed by atoms with Gasteiger partial charge in [-0.3, -0.25) is 14.6 Å². The maximum absolute atomic E-state index is 14.3. The molecule has 6 nitrogen and oxygen atoms in total. The minimum absolute atomic E-state index is 0.00312. The highest BCUT2D eigenvalue weighted by Gasteiger charge is 2.23. The summed E-state index contributed by atoms with van der Waals surface area (Å²) in [5.74, 6) is -1.64. The molecule has 0 aliphatic heterocycles. The van der Waals surface area contributed by atoms with Crippen molar-refractivity contribution in [3.05, 3.63) is 119 Å². The highest BCUT2D eigenvalue weighted by Crippen LogP contribution is 2.30. The molecule has 0 saturated heterocycles. The van der Waals surface area contributed by atoms with Gasteiger partial charge < -0.3 is 16.0 Å². The first-order valence-electron chi connectivity index (χ1n) is 12.6. The summed E-state index contributed by atoms with van der Waals surface area (Å²) in [5.41, 5.74) is 10.7. The first kappa shape index (κ1) is 27.2. The van der Waals surface area contributed by atoms with E-state index >= 15 is 0 Å². The lowest BCUT2D eigenvalue weighted by molar-refractivity contribution is -0.121. The Hall–Kier alpha value is -4.42. The minimum Gasteiger partial charge on any atom is -0.366 e. The van der Waals surface area contributed by atoms with E-state index in [4.69, 9.17) is 5.73 Å². The zero-order valence-electron chi connectivity index (χ0n) is 21.7. The summed E-state index contributed by atoms with van der Waals surface area (Å²) in [5, 5.41) is 4.40. The molecule has 0 radical (unpaired) electrons. The first-order chi connectivity index (χ1) is 19.2. The number of hydrogen-bond donors (Lipinski definition) is 3. The molecule has 5 aromatic rings. The van der Waals surface area contributed by atoms with Gasteiger partial charge in [0.1, 0.15) is 11.6 Å². The quantitative estimate of drug-likeness (QED) is 0.233. The van der Waals surface area contributed by atoms with Gasteiger partial charge in [-0.25, -0.2) is 8.78 Å². The van der Waals surface area contributed by atoms with Gasteiger partial charge in [0.25, 0.3) is 0 Å². The van der Waals surface area contributed by atoms with Crippen LogP contribution >= 0.6 is 9.24 Å². The first-order valence-corrected chi connectivity index (χ1v) is 13.2. The largest absolute Gasteiger partial charge is 0.366 e. The molecule has 2 heterocycles. The van der Waals surface area contributed by atoms with Crippen LogP contribution in [0.2, 0.25) is 0 Å². The van der Waals surface area contributed by atoms with Gasteiger partial charge in [0.2, 0.25) is 11.8 Å². The van der Waals surface area contributed by atoms with Crippen molar-refractivity contribution in [1.82, 2.24) is 15.3 Å². The summed E-state index contributed by atoms with van der Waals surface area (Å²) in [6, 6.07) is 18.9. The van der Waals surface area contributed by atoms with Crippen LogP contribution in [0.5, 0.6) is 0 Å². The van der Waals surface area contributed by atoms with Crippen LogP contribution in [0.1, 0.15) is 38.9 Å². The van der Waals surface area contributed by atoms with Gasteiger partial charge in [-0.05, 0) is 83.9 Å². The van der Waals surface area contributed by atoms with E-state index in [-0.39, 0.29) is 30.4 Å². The van der Waals surface area contributed by atoms with E-state index < -0.39 is 11.9 Å². The normalized spacial score (nSPS) is 11.9. The summed E-state index contributed by atoms with van der Waals surface area (Å²) >= 11 is 0. The Morgan fingerprint density at radius 3 is 2.62 bits per heavy atom. The van der Waals surface area contributed by atoms with E-state index in [0.717, 1.165) is 11.2 Å². The lowest BCUT2D eigenvalue weighted by atomic mass is 9.94. The van der Waals surface area contributed by atoms with E-state index in [1.165, 1.54) is 24.3 Å². The fourth-order valence-electron chi connectivity index (χ4n) is 5.01. The molecule has 0 fully saturated rings. The summed E-state index contributed by atoms with van der Waals surface area (Å²) < 4.78 is 28.3. The second-order valence-corrected chi connectivity index (χ2v) is 10.4. The Bertz CT molecular complexity index is 1730. The molecule has 4 N–H and O–H groups in total. The standard InChI is InChI=1S/C31H27F2N4O2P/c1-17-25(26-15-21(32)7-8-27(26)36-17)16-29(38)37-28(12-18-10-22(33)14-23(40)11-18)30-24(6-3-9-35-30)19-4-2-5-20(13-19)31(34)39/h2-11,13-15,28,36H,12,16,40H2,1H3,(H2,34,39)(H,37,38). The number of primary amides is 1. The molecule has 0 bridgehead atoms. The van der Waals surface area contributed by atoms with Crippen LogP contribution in [0.3, 0.4) is 0 Å². The SMILES string of the molecule is Cc1[nH]c2ccc(F)cc2c1CC(=O)NC(Cc1cc(F)cc(P)c1)c1ncccc1-c1cccc(C(N)=O)c1. The Balaban J connectivity index is 1.53. The van der Waals surface area contributed by atoms with Crippen molar-refractivity contribution in [2.75, 3.05) is 0 Å². The maximum Gasteiger partial charge on any atom is 0.248 e. The number of aryl methyl sites for hydroxylation is 1. The number of benzene rings is 3. The molecule has 2 atom stereocenters. The van der Waals surface area contributed by atoms with Crippen LogP contribution in [0.25, 0.3) is 22.0 Å². The van der Waals surface area contributed by atoms with E-state index in [1.807, 2.05) is 25.1 Å². The third kappa shape index (κ3) is 5.92. The van der Waals surface area contributed by atoms with Gasteiger partial charge in [0, 0.05) is 33.9 Å². The number of aromatic nitrogens is 2. The molecular weight excluding hydrogens is 529 g/mol. The second kappa shape index (κ2) is 11.4. The van der Waals surface area contributed by atoms with Gasteiger partial charge >= 0.3 is 0 Å². The highest BCUT2D eigenvalue weighted by atomic mass is 31.0. The van der Waals surface area contributed by atoms with Crippen molar-refractivity contribution in [1.29, 1.82) is 0 Å². The highest BCUT2D eigenvalue weighted by molar-refractivity contribution is 7.27. The molecule has 202 valence electrons. The number of nitrogens with two attached hydrogens (primary N) is 1. The fourth-order valence-corrected chi connectivity index (χ4v) is 5.39. The van der Waals surface area contributed by atoms with Crippen molar-refractivity contribution in [2.24, 2.45) is 5.73 Å². The molecule has 0 spiro atoms. The Morgan fingerprint density at radius 2 is 1.85 bits per heavy atom. The Labute approximate surface area is 232 Å². The number of pyridine rings is 1. The predicted molar refractivity (Wildman–Crippen MR) is 155 cm³/mol. The molecular formula is C31H27F2N4O2P. The van der Waals surface area contributed by atoms with Crippen LogP contribution in [-0.4, -0.2) is 21.8 Å². The van der Waals surface area contributed by atoms with Gasteiger partial charge in [0.05, 0.1) is 18.2 Å². The topological polar surface area (TPSA) is 101 Å². The zero-order valence-corrected chi connectivity index (χ0v) is 22.8. The summed E-state index contributed by atoms with van der Waals surface area (Å²) in [6.07, 6.45) is 1.88. The van der Waals surface area contributed by atoms with Crippen LogP contribution in [0.4, 0.5) is 8.78 Å². The molecule has 5 rings (SSSR count). The average molecular weight is 557 g/mol. The van der Waals surface area contributed by atoms with Crippen LogP contribution in [0.15, 0.2) is 79.0 Å². The molecule has 2 amide bonds. The van der Waals surface area contributed by atoms with Crippen molar-refractivity contribution in [3.8, 4) is 11.1 Å². The summed E-state index contributed by atoms with van der Waals surface area (Å²) in [4.78, 5) is 33.2. The number of halogens is 2. The maximum atomic E-state index is 14.3. The third-order valence-electron chi connectivity index (χ3n) is 6.80. The smallest absolute Gasteiger partial charge is 0.248 e. The number of hydrogen-bond acceptors (Lipinski definition) is 3. The van der Waals surface area contributed by atoms with Gasteiger partial charge in [-0.1, -0.05) is 24.3 Å². The number of rotatable bonds is 8. The van der Waals surface area contributed by atoms with E-state index in [1.54, 1.807) is 36.5 Å². The Morgan fingerprint density at radius 1 is 1.02 bits per heavy atom. The van der Waals surface area contributed by atoms with Crippen molar-refractivity contribution >= 4 is 37.3 Å². The number of H-pyrrole nitrogens is 1. The molecule has 3 aromatic carbocycles. The van der Waals surface area contributed by atoms with E-state index in [9.17, 15) is 18.4 Å². The molecule has 0 aliphatic carbocycles. The summed E-state index contributed by atoms with van der Waals surface area (Å²) in [7, 11) is 2.49. The third-order valence-corrected chi connectivity index (χ3v) is 7.13.